The fourth-order valence-electron chi connectivity index (χ4n) is 1.33. The van der Waals surface area contributed by atoms with E-state index in [9.17, 15) is 4.39 Å². The van der Waals surface area contributed by atoms with E-state index in [1.807, 2.05) is 13.8 Å². The lowest BCUT2D eigenvalue weighted by Gasteiger charge is -2.17. The van der Waals surface area contributed by atoms with Gasteiger partial charge >= 0.3 is 0 Å². The van der Waals surface area contributed by atoms with Crippen LogP contribution in [0.25, 0.3) is 0 Å². The topological polar surface area (TPSA) is 18.5 Å². The van der Waals surface area contributed by atoms with Crippen LogP contribution in [-0.2, 0) is 4.74 Å². The molecule has 0 bridgehead atoms. The zero-order valence-electron chi connectivity index (χ0n) is 9.78. The van der Waals surface area contributed by atoms with E-state index in [-0.39, 0.29) is 6.29 Å². The zero-order valence-corrected chi connectivity index (χ0v) is 9.78. The van der Waals surface area contributed by atoms with E-state index in [1.54, 1.807) is 24.3 Å². The van der Waals surface area contributed by atoms with Crippen molar-refractivity contribution in [3.63, 3.8) is 0 Å². The molecule has 2 unspecified atom stereocenters. The summed E-state index contributed by atoms with van der Waals surface area (Å²) in [6, 6.07) is 6.81. The van der Waals surface area contributed by atoms with Crippen molar-refractivity contribution in [1.29, 1.82) is 0 Å². The molecular formula is C13H18FO2+. The van der Waals surface area contributed by atoms with Gasteiger partial charge in [-0.2, -0.15) is 4.39 Å². The van der Waals surface area contributed by atoms with Gasteiger partial charge in [0.2, 0.25) is 0 Å². The molecule has 2 atom stereocenters. The average molecular weight is 225 g/mol. The molecule has 0 N–H and O–H groups in total. The first-order chi connectivity index (χ1) is 7.67. The summed E-state index contributed by atoms with van der Waals surface area (Å²) in [5.74, 6) is 0.685. The number of rotatable bonds is 6. The van der Waals surface area contributed by atoms with Gasteiger partial charge in [0, 0.05) is 18.6 Å². The molecule has 0 aliphatic rings. The third-order valence-corrected chi connectivity index (χ3v) is 2.20. The summed E-state index contributed by atoms with van der Waals surface area (Å²) < 4.78 is 23.8. The summed E-state index contributed by atoms with van der Waals surface area (Å²) in [6.45, 7) is 7.84. The smallest absolute Gasteiger partial charge is 0.258 e. The van der Waals surface area contributed by atoms with E-state index in [1.165, 1.54) is 0 Å². The highest BCUT2D eigenvalue weighted by atomic mass is 19.1. The Morgan fingerprint density at radius 2 is 1.88 bits per heavy atom. The highest BCUT2D eigenvalue weighted by Crippen LogP contribution is 2.20. The first-order valence-electron chi connectivity index (χ1n) is 5.52. The maximum absolute atomic E-state index is 12.8. The number of hydrogen-bond donors (Lipinski definition) is 0. The highest BCUT2D eigenvalue weighted by molar-refractivity contribution is 5.28. The van der Waals surface area contributed by atoms with Crippen LogP contribution in [0.3, 0.4) is 0 Å². The van der Waals surface area contributed by atoms with Crippen LogP contribution in [-0.4, -0.2) is 12.9 Å². The first kappa shape index (κ1) is 12.8. The third kappa shape index (κ3) is 3.74. The van der Waals surface area contributed by atoms with Gasteiger partial charge in [-0.25, -0.2) is 0 Å². The van der Waals surface area contributed by atoms with Crippen LogP contribution in [0.4, 0.5) is 4.39 Å². The third-order valence-electron chi connectivity index (χ3n) is 2.20. The first-order valence-corrected chi connectivity index (χ1v) is 5.52. The van der Waals surface area contributed by atoms with E-state index < -0.39 is 6.17 Å². The van der Waals surface area contributed by atoms with Gasteiger partial charge in [-0.1, -0.05) is 6.92 Å². The Labute approximate surface area is 96.4 Å². The molecule has 0 aliphatic heterocycles. The molecule has 2 nitrogen and oxygen atoms in total. The average Bonchev–Trinajstić information content (AvgIpc) is 2.29. The maximum Gasteiger partial charge on any atom is 0.258 e. The van der Waals surface area contributed by atoms with Crippen LogP contribution in [0.2, 0.25) is 0 Å². The fraction of sp³-hybridized carbons (Fsp3) is 0.462. The molecule has 0 saturated carbocycles. The van der Waals surface area contributed by atoms with Crippen LogP contribution >= 0.6 is 0 Å². The van der Waals surface area contributed by atoms with Crippen molar-refractivity contribution in [2.75, 3.05) is 6.61 Å². The van der Waals surface area contributed by atoms with Crippen LogP contribution in [0.5, 0.6) is 5.75 Å². The van der Waals surface area contributed by atoms with Crippen LogP contribution < -0.4 is 4.74 Å². The molecule has 0 aliphatic carbocycles. The van der Waals surface area contributed by atoms with E-state index in [2.05, 4.69) is 6.92 Å². The lowest BCUT2D eigenvalue weighted by atomic mass is 10.1. The minimum atomic E-state index is -1.19. The lowest BCUT2D eigenvalue weighted by Crippen LogP contribution is -2.19. The van der Waals surface area contributed by atoms with Crippen LogP contribution in [0, 0.1) is 6.92 Å². The van der Waals surface area contributed by atoms with Gasteiger partial charge in [0.05, 0.1) is 0 Å². The molecule has 88 valence electrons. The van der Waals surface area contributed by atoms with E-state index in [0.29, 0.717) is 17.9 Å². The molecule has 0 amide bonds. The zero-order chi connectivity index (χ0) is 12.0. The van der Waals surface area contributed by atoms with Crippen molar-refractivity contribution in [3.8, 4) is 5.75 Å². The van der Waals surface area contributed by atoms with Crippen molar-refractivity contribution in [1.82, 2.24) is 0 Å². The molecule has 0 fully saturated rings. The van der Waals surface area contributed by atoms with Gasteiger partial charge in [-0.3, -0.25) is 0 Å². The van der Waals surface area contributed by atoms with E-state index >= 15 is 0 Å². The minimum absolute atomic E-state index is 0.239. The summed E-state index contributed by atoms with van der Waals surface area (Å²) in [5.41, 5.74) is 0.553. The Balaban J connectivity index is 2.60. The Bertz CT molecular complexity index is 295. The molecule has 16 heavy (non-hydrogen) atoms. The molecule has 3 heteroatoms. The fourth-order valence-corrected chi connectivity index (χ4v) is 1.33. The molecule has 1 aromatic rings. The van der Waals surface area contributed by atoms with Crippen molar-refractivity contribution < 1.29 is 13.9 Å². The van der Waals surface area contributed by atoms with E-state index in [0.717, 1.165) is 6.42 Å². The molecule has 0 saturated heterocycles. The Kier molecular flexibility index (Phi) is 5.12. The van der Waals surface area contributed by atoms with Crippen molar-refractivity contribution in [2.45, 2.75) is 32.7 Å². The quantitative estimate of drug-likeness (QED) is 0.543. The van der Waals surface area contributed by atoms with Crippen LogP contribution in [0.1, 0.15) is 32.0 Å². The molecule has 0 aromatic heterocycles. The normalized spacial score (nSPS) is 14.4. The van der Waals surface area contributed by atoms with Crippen molar-refractivity contribution >= 4 is 0 Å². The predicted octanol–water partition coefficient (Wildman–Crippen LogP) is 3.68. The number of benzene rings is 1. The lowest BCUT2D eigenvalue weighted by molar-refractivity contribution is -0.0766. The summed E-state index contributed by atoms with van der Waals surface area (Å²) in [6.07, 6.45) is -0.656. The second kappa shape index (κ2) is 6.38. The van der Waals surface area contributed by atoms with Gasteiger partial charge in [-0.05, 0) is 31.2 Å². The minimum Gasteiger partial charge on any atom is -0.465 e. The molecule has 0 spiro atoms. The summed E-state index contributed by atoms with van der Waals surface area (Å²) >= 11 is 0. The molecular weight excluding hydrogens is 207 g/mol. The Hall–Kier alpha value is -1.22. The van der Waals surface area contributed by atoms with Gasteiger partial charge in [0.25, 0.3) is 6.17 Å². The highest BCUT2D eigenvalue weighted by Gasteiger charge is 2.10. The number of halogens is 1. The Morgan fingerprint density at radius 1 is 1.25 bits per heavy atom. The second-order valence-corrected chi connectivity index (χ2v) is 3.45. The second-order valence-electron chi connectivity index (χ2n) is 3.45. The molecule has 0 heterocycles. The largest absolute Gasteiger partial charge is 0.465 e. The van der Waals surface area contributed by atoms with Crippen molar-refractivity contribution in [3.05, 3.63) is 36.8 Å². The number of alkyl halides is 1. The summed E-state index contributed by atoms with van der Waals surface area (Å²) in [5, 5.41) is 0. The van der Waals surface area contributed by atoms with Gasteiger partial charge in [0.15, 0.2) is 6.29 Å². The monoisotopic (exact) mass is 225 g/mol. The number of hydrogen-bond acceptors (Lipinski definition) is 2. The predicted molar refractivity (Wildman–Crippen MR) is 62.0 cm³/mol. The van der Waals surface area contributed by atoms with Gasteiger partial charge in [0.1, 0.15) is 12.7 Å². The summed E-state index contributed by atoms with van der Waals surface area (Å²) in [7, 11) is 0. The Morgan fingerprint density at radius 3 is 2.31 bits per heavy atom. The maximum atomic E-state index is 12.8. The van der Waals surface area contributed by atoms with Gasteiger partial charge in [-0.15, -0.1) is 0 Å². The van der Waals surface area contributed by atoms with Crippen LogP contribution in [0.15, 0.2) is 24.3 Å². The summed E-state index contributed by atoms with van der Waals surface area (Å²) in [4.78, 5) is 0. The standard InChI is InChI=1S/C13H18FO2/c1-4-13(15-5-2)16-12-8-6-11(7-9-12)10(3)14/h6-10,13H,3-5H2,1-2H3/q+1. The SMILES string of the molecule is [CH2+]C(F)c1ccc(OC(CC)OCC)cc1. The molecule has 0 radical (unpaired) electrons. The number of ether oxygens (including phenoxy) is 2. The van der Waals surface area contributed by atoms with Crippen molar-refractivity contribution in [2.24, 2.45) is 0 Å². The van der Waals surface area contributed by atoms with E-state index in [4.69, 9.17) is 9.47 Å². The molecule has 1 aromatic carbocycles. The molecule has 1 rings (SSSR count). The van der Waals surface area contributed by atoms with Gasteiger partial charge < -0.3 is 9.47 Å².